The summed E-state index contributed by atoms with van der Waals surface area (Å²) in [4.78, 5) is 6.31. The summed E-state index contributed by atoms with van der Waals surface area (Å²) in [5, 5.41) is 23.0. The molecule has 0 aromatic carbocycles. The molecular weight excluding hydrogens is 480 g/mol. The summed E-state index contributed by atoms with van der Waals surface area (Å²) in [5.74, 6) is 0.639. The molecule has 2 aromatic rings. The van der Waals surface area contributed by atoms with Gasteiger partial charge in [-0.2, -0.15) is 5.26 Å². The quantitative estimate of drug-likeness (QED) is 0.239. The van der Waals surface area contributed by atoms with Gasteiger partial charge in [0.2, 0.25) is 0 Å². The second-order valence-electron chi connectivity index (χ2n) is 8.02. The number of hydrogen-bond donors (Lipinski definition) is 3. The number of pyridine rings is 1. The third kappa shape index (κ3) is 6.22. The molecule has 2 atom stereocenters. The minimum Gasteiger partial charge on any atom is -0.768 e. The van der Waals surface area contributed by atoms with Crippen LogP contribution in [-0.2, 0) is 15.8 Å². The van der Waals surface area contributed by atoms with Crippen molar-refractivity contribution < 1.29 is 17.9 Å². The van der Waals surface area contributed by atoms with Crippen molar-refractivity contribution in [2.75, 3.05) is 25.1 Å². The number of fused-ring (bicyclic) bond motifs is 1. The van der Waals surface area contributed by atoms with Gasteiger partial charge in [0, 0.05) is 25.1 Å². The van der Waals surface area contributed by atoms with Crippen LogP contribution >= 0.6 is 11.8 Å². The molecule has 1 aliphatic carbocycles. The summed E-state index contributed by atoms with van der Waals surface area (Å²) in [6.45, 7) is 1.37. The zero-order chi connectivity index (χ0) is 25.0. The highest BCUT2D eigenvalue weighted by molar-refractivity contribution is 8.27. The summed E-state index contributed by atoms with van der Waals surface area (Å²) < 4.78 is 43.4. The van der Waals surface area contributed by atoms with Gasteiger partial charge in [0.05, 0.1) is 22.7 Å². The molecule has 2 fully saturated rings. The summed E-state index contributed by atoms with van der Waals surface area (Å²) >= 11 is -1.93. The van der Waals surface area contributed by atoms with Gasteiger partial charge < -0.3 is 19.9 Å². The lowest BCUT2D eigenvalue weighted by Crippen LogP contribution is -2.37. The first-order valence-electron chi connectivity index (χ1n) is 10.4. The van der Waals surface area contributed by atoms with Crippen LogP contribution in [0.1, 0.15) is 31.4 Å². The Bertz CT molecular complexity index is 1140. The Hall–Kier alpha value is -2.31. The van der Waals surface area contributed by atoms with Crippen molar-refractivity contribution in [3.05, 3.63) is 24.2 Å². The Morgan fingerprint density at radius 3 is 2.59 bits per heavy atom. The number of piperidine rings is 1. The first kappa shape index (κ1) is 26.3. The van der Waals surface area contributed by atoms with Crippen LogP contribution < -0.4 is 10.6 Å². The van der Waals surface area contributed by atoms with E-state index >= 15 is 0 Å². The van der Waals surface area contributed by atoms with E-state index < -0.39 is 27.7 Å². The van der Waals surface area contributed by atoms with Gasteiger partial charge in [-0.15, -0.1) is 0 Å². The number of anilines is 1. The molecule has 0 bridgehead atoms. The van der Waals surface area contributed by atoms with Crippen LogP contribution in [-0.4, -0.2) is 74.0 Å². The number of nitrogens with one attached hydrogen (secondary N) is 2. The fraction of sp³-hybridized carbons (Fsp3) is 0.500. The minimum absolute atomic E-state index is 0.0631. The number of halogens is 1. The van der Waals surface area contributed by atoms with Gasteiger partial charge in [-0.25, -0.2) is 4.98 Å². The Balaban J connectivity index is 0.000000469. The van der Waals surface area contributed by atoms with Crippen LogP contribution in [0, 0.1) is 22.1 Å². The maximum Gasteiger partial charge on any atom is 0.126 e. The van der Waals surface area contributed by atoms with Crippen LogP contribution in [0.3, 0.4) is 0 Å². The number of ether oxygens (including phenoxy) is 1. The normalized spacial score (nSPS) is 19.0. The molecule has 3 heterocycles. The molecule has 2 unspecified atom stereocenters. The van der Waals surface area contributed by atoms with Crippen LogP contribution in [0.5, 0.6) is 0 Å². The zero-order valence-corrected chi connectivity index (χ0v) is 20.1. The van der Waals surface area contributed by atoms with Crippen LogP contribution in [0.2, 0.25) is 0 Å². The van der Waals surface area contributed by atoms with Crippen molar-refractivity contribution in [3.8, 4) is 6.07 Å². The predicted octanol–water partition coefficient (Wildman–Crippen LogP) is 1.69. The van der Waals surface area contributed by atoms with Gasteiger partial charge in [-0.1, -0.05) is 11.8 Å². The zero-order valence-electron chi connectivity index (χ0n) is 18.5. The molecule has 180 valence electrons. The molecule has 4 N–H and O–H groups in total. The van der Waals surface area contributed by atoms with Gasteiger partial charge in [0.25, 0.3) is 0 Å². The van der Waals surface area contributed by atoms with Gasteiger partial charge in [-0.3, -0.25) is 23.8 Å². The Morgan fingerprint density at radius 2 is 2.12 bits per heavy atom. The van der Waals surface area contributed by atoms with E-state index in [4.69, 9.17) is 34.4 Å². The second-order valence-corrected chi connectivity index (χ2v) is 10.0. The molecule has 14 heteroatoms. The molecule has 1 saturated carbocycles. The topological polar surface area (TPSA) is 167 Å². The highest BCUT2D eigenvalue weighted by Gasteiger charge is 2.38. The predicted molar refractivity (Wildman–Crippen MR) is 129 cm³/mol. The summed E-state index contributed by atoms with van der Waals surface area (Å²) in [7, 11) is 6.70. The Morgan fingerprint density at radius 1 is 1.47 bits per heavy atom. The van der Waals surface area contributed by atoms with Crippen molar-refractivity contribution >= 4 is 52.1 Å². The number of nitrogens with two attached hydrogens (primary N) is 1. The summed E-state index contributed by atoms with van der Waals surface area (Å²) in [5.41, 5.74) is 5.44. The lowest BCUT2D eigenvalue weighted by Gasteiger charge is -2.33. The molecule has 1 aliphatic heterocycles. The third-order valence-electron chi connectivity index (χ3n) is 5.58. The fourth-order valence-electron chi connectivity index (χ4n) is 3.35. The fourth-order valence-corrected chi connectivity index (χ4v) is 4.34. The smallest absolute Gasteiger partial charge is 0.126 e. The van der Waals surface area contributed by atoms with Crippen molar-refractivity contribution in [2.45, 2.75) is 48.3 Å². The van der Waals surface area contributed by atoms with E-state index in [-0.39, 0.29) is 21.7 Å². The highest BCUT2D eigenvalue weighted by atomic mass is 32.2. The van der Waals surface area contributed by atoms with E-state index in [1.165, 1.54) is 12.4 Å². The second kappa shape index (κ2) is 11.0. The number of methoxy groups -OCH3 is 1. The highest BCUT2D eigenvalue weighted by Crippen LogP contribution is 2.30. The molecule has 2 aliphatic rings. The van der Waals surface area contributed by atoms with E-state index in [9.17, 15) is 13.2 Å². The molecule has 10 nitrogen and oxygen atoms in total. The van der Waals surface area contributed by atoms with Crippen molar-refractivity contribution in [2.24, 2.45) is 5.73 Å². The molecule has 1 saturated heterocycles. The maximum atomic E-state index is 13.1. The number of nitrogens with zero attached hydrogens (tertiary/aromatic N) is 4. The van der Waals surface area contributed by atoms with Crippen molar-refractivity contribution in [3.63, 3.8) is 0 Å². The average Bonchev–Trinajstić information content (AvgIpc) is 3.42. The molecule has 0 amide bonds. The van der Waals surface area contributed by atoms with Gasteiger partial charge >= 0.3 is 0 Å². The van der Waals surface area contributed by atoms with Crippen LogP contribution in [0.25, 0.3) is 5.52 Å². The van der Waals surface area contributed by atoms with Gasteiger partial charge in [-0.05, 0) is 48.9 Å². The molecular formula is C20H24BFN7O3S2-. The number of hydrogen-bond acceptors (Lipinski definition) is 10. The lowest BCUT2D eigenvalue weighted by atomic mass is 10.0. The standard InChI is InChI=1S/C16H19BFN5O3S2.C4H6N2/c1-26-9-2-4-22(5-3-9)12-7-10(28(24)25)6-11-13(21-8-23(11)12)15(19)27-16(20)14(17)18;5-3-4(6)1-2-4/h6-9,14,19-20H,2-5H2,1H3,(H,24,25);1-2,6H2/p-1. The third-order valence-corrected chi connectivity index (χ3v) is 7.05. The average molecular weight is 504 g/mol. The maximum absolute atomic E-state index is 13.1. The first-order chi connectivity index (χ1) is 16.1. The van der Waals surface area contributed by atoms with E-state index in [0.717, 1.165) is 25.7 Å². The first-order valence-corrected chi connectivity index (χ1v) is 12.3. The van der Waals surface area contributed by atoms with Crippen LogP contribution in [0.15, 0.2) is 23.4 Å². The Labute approximate surface area is 204 Å². The molecule has 4 rings (SSSR count). The molecule has 34 heavy (non-hydrogen) atoms. The van der Waals surface area contributed by atoms with Crippen molar-refractivity contribution in [1.29, 1.82) is 16.1 Å². The Kier molecular flexibility index (Phi) is 8.48. The summed E-state index contributed by atoms with van der Waals surface area (Å²) in [6.07, 6.45) is 3.08. The lowest BCUT2D eigenvalue weighted by molar-refractivity contribution is 0.0817. The minimum atomic E-state index is -2.47. The number of aromatic nitrogens is 2. The van der Waals surface area contributed by atoms with E-state index in [2.05, 4.69) is 4.98 Å². The number of imidazole rings is 1. The molecule has 2 aromatic heterocycles. The van der Waals surface area contributed by atoms with Gasteiger partial charge in [0.15, 0.2) is 0 Å². The van der Waals surface area contributed by atoms with Crippen molar-refractivity contribution in [1.82, 2.24) is 9.38 Å². The SMILES string of the molecule is N#CC1(N)CC1.[B]C(F)C(=N)SC(=N)c1ncn2c(N3CCC(OC)CC3)cc(S(=O)[O-])cc12. The molecule has 2 radical (unpaired) electrons. The number of rotatable bonds is 5. The number of nitriles is 1. The van der Waals surface area contributed by atoms with Crippen LogP contribution in [0.4, 0.5) is 10.2 Å². The monoisotopic (exact) mass is 504 g/mol. The number of alkyl halides is 1. The van der Waals surface area contributed by atoms with E-state index in [1.54, 1.807) is 17.6 Å². The summed E-state index contributed by atoms with van der Waals surface area (Å²) in [6, 6.07) is 4.96. The number of thioether (sulfide) groups is 1. The largest absolute Gasteiger partial charge is 0.768 e. The van der Waals surface area contributed by atoms with Gasteiger partial charge in [0.1, 0.15) is 42.3 Å². The molecule has 0 spiro atoms. The van der Waals surface area contributed by atoms with E-state index in [1.807, 2.05) is 11.0 Å². The van der Waals surface area contributed by atoms with E-state index in [0.29, 0.717) is 36.2 Å².